The number of hydrogen-bond donors (Lipinski definition) is 0. The Morgan fingerprint density at radius 3 is 1.17 bits per heavy atom. The first-order valence-electron chi connectivity index (χ1n) is 7.29. The zero-order chi connectivity index (χ0) is 11.5. The van der Waals surface area contributed by atoms with Crippen molar-refractivity contribution < 1.29 is 33.8 Å². The fourth-order valence-corrected chi connectivity index (χ4v) is 3.63. The number of likely N-dealkylation sites (tertiary alicyclic amines) is 2. The van der Waals surface area contributed by atoms with Gasteiger partial charge in [0, 0.05) is 38.5 Å². The smallest absolute Gasteiger partial charge is 0.0786 e. The fourth-order valence-electron chi connectivity index (χ4n) is 3.63. The molecule has 0 aromatic rings. The molecule has 2 saturated heterocycles. The number of nitrogens with zero attached hydrogens (tertiary/aromatic N) is 2. The predicted molar refractivity (Wildman–Crippen MR) is 69.3 cm³/mol. The summed E-state index contributed by atoms with van der Waals surface area (Å²) in [7, 11) is 4.91. The van der Waals surface area contributed by atoms with Gasteiger partial charge in [-0.1, -0.05) is 0 Å². The summed E-state index contributed by atoms with van der Waals surface area (Å²) in [5, 5.41) is 0. The highest BCUT2D eigenvalue weighted by atomic mass is 35.5. The van der Waals surface area contributed by atoms with Gasteiger partial charge in [-0.25, -0.2) is 0 Å². The van der Waals surface area contributed by atoms with Crippen LogP contribution in [-0.4, -0.2) is 62.3 Å². The lowest BCUT2D eigenvalue weighted by molar-refractivity contribution is -0.904. The molecular formula is C14H30Cl2N2. The third-order valence-corrected chi connectivity index (χ3v) is 4.94. The number of halogens is 2. The van der Waals surface area contributed by atoms with Crippen LogP contribution in [0, 0.1) is 0 Å². The molecule has 0 aliphatic carbocycles. The van der Waals surface area contributed by atoms with Crippen molar-refractivity contribution in [2.45, 2.75) is 38.5 Å². The van der Waals surface area contributed by atoms with Crippen LogP contribution in [0.15, 0.2) is 0 Å². The van der Waals surface area contributed by atoms with Gasteiger partial charge in [0.1, 0.15) is 0 Å². The highest BCUT2D eigenvalue weighted by Gasteiger charge is 2.28. The zero-order valence-corrected chi connectivity index (χ0v) is 13.6. The number of rotatable bonds is 5. The van der Waals surface area contributed by atoms with Crippen molar-refractivity contribution in [3.8, 4) is 0 Å². The molecule has 2 aliphatic rings. The summed E-state index contributed by atoms with van der Waals surface area (Å²) in [6, 6.07) is 0. The van der Waals surface area contributed by atoms with E-state index in [4.69, 9.17) is 0 Å². The van der Waals surface area contributed by atoms with E-state index in [1.165, 1.54) is 86.8 Å². The van der Waals surface area contributed by atoms with Gasteiger partial charge < -0.3 is 33.8 Å². The molecular weight excluding hydrogens is 267 g/mol. The predicted octanol–water partition coefficient (Wildman–Crippen LogP) is -3.74. The molecule has 0 N–H and O–H groups in total. The largest absolute Gasteiger partial charge is 1.00 e. The van der Waals surface area contributed by atoms with Crippen LogP contribution < -0.4 is 24.8 Å². The summed E-state index contributed by atoms with van der Waals surface area (Å²) in [6.45, 7) is 8.61. The summed E-state index contributed by atoms with van der Waals surface area (Å²) in [6.07, 6.45) is 8.75. The molecule has 18 heavy (non-hydrogen) atoms. The van der Waals surface area contributed by atoms with Crippen molar-refractivity contribution in [1.82, 2.24) is 0 Å². The van der Waals surface area contributed by atoms with Gasteiger partial charge in [0.25, 0.3) is 0 Å². The Labute approximate surface area is 126 Å². The number of unbranched alkanes of at least 4 members (excludes halogenated alkanes) is 1. The van der Waals surface area contributed by atoms with Gasteiger partial charge in [-0.15, -0.1) is 0 Å². The molecule has 2 rings (SSSR count). The second-order valence-corrected chi connectivity index (χ2v) is 6.70. The molecule has 4 heteroatoms. The first-order valence-corrected chi connectivity index (χ1v) is 7.29. The van der Waals surface area contributed by atoms with Crippen LogP contribution in [0.25, 0.3) is 0 Å². The summed E-state index contributed by atoms with van der Waals surface area (Å²) in [4.78, 5) is 0. The van der Waals surface area contributed by atoms with Crippen LogP contribution in [0.2, 0.25) is 0 Å². The lowest BCUT2D eigenvalue weighted by Crippen LogP contribution is -3.00. The summed E-state index contributed by atoms with van der Waals surface area (Å²) in [5.41, 5.74) is 0. The van der Waals surface area contributed by atoms with E-state index in [9.17, 15) is 0 Å². The molecule has 2 fully saturated rings. The zero-order valence-electron chi connectivity index (χ0n) is 12.1. The SMILES string of the molecule is C[N+]1(CCCC[N+]2(C)CCCC2)CCCC1.[Cl-].[Cl-]. The van der Waals surface area contributed by atoms with Gasteiger partial charge in [-0.05, 0) is 0 Å². The molecule has 0 spiro atoms. The maximum atomic E-state index is 2.46. The van der Waals surface area contributed by atoms with Crippen molar-refractivity contribution in [1.29, 1.82) is 0 Å². The monoisotopic (exact) mass is 296 g/mol. The normalized spacial score (nSPS) is 24.3. The maximum absolute atomic E-state index is 2.46. The van der Waals surface area contributed by atoms with Crippen molar-refractivity contribution >= 4 is 0 Å². The molecule has 0 atom stereocenters. The third kappa shape index (κ3) is 5.24. The van der Waals surface area contributed by atoms with E-state index >= 15 is 0 Å². The van der Waals surface area contributed by atoms with Gasteiger partial charge in [-0.2, -0.15) is 0 Å². The summed E-state index contributed by atoms with van der Waals surface area (Å²) >= 11 is 0. The standard InChI is InChI=1S/C14H30N2.2ClH/c1-15(9-3-4-10-15)13-7-8-14-16(2)11-5-6-12-16;;/h3-14H2,1-2H3;2*1H/q+2;;/p-2. The van der Waals surface area contributed by atoms with Crippen LogP contribution in [0.4, 0.5) is 0 Å². The van der Waals surface area contributed by atoms with Gasteiger partial charge in [0.2, 0.25) is 0 Å². The molecule has 2 nitrogen and oxygen atoms in total. The first kappa shape index (κ1) is 18.5. The minimum Gasteiger partial charge on any atom is -1.00 e. The lowest BCUT2D eigenvalue weighted by Gasteiger charge is -2.31. The van der Waals surface area contributed by atoms with E-state index in [1.807, 2.05) is 0 Å². The lowest BCUT2D eigenvalue weighted by atomic mass is 10.2. The Kier molecular flexibility index (Phi) is 8.16. The molecule has 0 amide bonds. The third-order valence-electron chi connectivity index (χ3n) is 4.94. The van der Waals surface area contributed by atoms with E-state index in [2.05, 4.69) is 14.1 Å². The Bertz CT molecular complexity index is 198. The Morgan fingerprint density at radius 1 is 0.611 bits per heavy atom. The molecule has 2 heterocycles. The minimum absolute atomic E-state index is 0. The molecule has 0 aromatic carbocycles. The molecule has 0 bridgehead atoms. The minimum atomic E-state index is 0. The highest BCUT2D eigenvalue weighted by molar-refractivity contribution is 4.54. The Hall–Kier alpha value is 0.500. The molecule has 0 aromatic heterocycles. The summed E-state index contributed by atoms with van der Waals surface area (Å²) in [5.74, 6) is 0. The van der Waals surface area contributed by atoms with Crippen LogP contribution in [0.3, 0.4) is 0 Å². The maximum Gasteiger partial charge on any atom is 0.0786 e. The Balaban J connectivity index is 0.00000144. The average Bonchev–Trinajstić information content (AvgIpc) is 2.84. The number of quaternary nitrogens is 2. The molecule has 0 saturated carbocycles. The van der Waals surface area contributed by atoms with E-state index in [0.29, 0.717) is 0 Å². The van der Waals surface area contributed by atoms with Gasteiger partial charge in [-0.3, -0.25) is 0 Å². The van der Waals surface area contributed by atoms with E-state index in [0.717, 1.165) is 0 Å². The highest BCUT2D eigenvalue weighted by Crippen LogP contribution is 2.20. The Morgan fingerprint density at radius 2 is 0.889 bits per heavy atom. The van der Waals surface area contributed by atoms with Gasteiger partial charge >= 0.3 is 0 Å². The van der Waals surface area contributed by atoms with Gasteiger partial charge in [0.05, 0.1) is 53.4 Å². The van der Waals surface area contributed by atoms with E-state index in [-0.39, 0.29) is 24.8 Å². The van der Waals surface area contributed by atoms with Crippen LogP contribution >= 0.6 is 0 Å². The molecule has 2 aliphatic heterocycles. The first-order chi connectivity index (χ1) is 7.62. The van der Waals surface area contributed by atoms with Crippen molar-refractivity contribution in [2.75, 3.05) is 53.4 Å². The quantitative estimate of drug-likeness (QED) is 0.361. The fraction of sp³-hybridized carbons (Fsp3) is 1.00. The second kappa shape index (κ2) is 7.94. The summed E-state index contributed by atoms with van der Waals surface area (Å²) < 4.78 is 2.73. The molecule has 110 valence electrons. The number of hydrogen-bond acceptors (Lipinski definition) is 0. The second-order valence-electron chi connectivity index (χ2n) is 6.70. The van der Waals surface area contributed by atoms with Gasteiger partial charge in [0.15, 0.2) is 0 Å². The van der Waals surface area contributed by atoms with Crippen LogP contribution in [0.1, 0.15) is 38.5 Å². The van der Waals surface area contributed by atoms with E-state index < -0.39 is 0 Å². The van der Waals surface area contributed by atoms with Crippen molar-refractivity contribution in [3.63, 3.8) is 0 Å². The van der Waals surface area contributed by atoms with Crippen molar-refractivity contribution in [2.24, 2.45) is 0 Å². The molecule has 0 radical (unpaired) electrons. The topological polar surface area (TPSA) is 0 Å². The van der Waals surface area contributed by atoms with Crippen LogP contribution in [0.5, 0.6) is 0 Å². The molecule has 0 unspecified atom stereocenters. The van der Waals surface area contributed by atoms with E-state index in [1.54, 1.807) is 0 Å². The van der Waals surface area contributed by atoms with Crippen LogP contribution in [-0.2, 0) is 0 Å². The van der Waals surface area contributed by atoms with Crippen molar-refractivity contribution in [3.05, 3.63) is 0 Å². The average molecular weight is 297 g/mol.